The van der Waals surface area contributed by atoms with Crippen molar-refractivity contribution < 1.29 is 17.6 Å². The first-order chi connectivity index (χ1) is 15.8. The minimum atomic E-state index is -4.84. The van der Waals surface area contributed by atoms with Crippen LogP contribution in [0.3, 0.4) is 0 Å². The van der Waals surface area contributed by atoms with E-state index in [0.717, 1.165) is 21.8 Å². The van der Waals surface area contributed by atoms with Gasteiger partial charge in [0.1, 0.15) is 6.26 Å². The molecular formula is C25H18F3N3O2. The maximum Gasteiger partial charge on any atom is 0.407 e. The summed E-state index contributed by atoms with van der Waals surface area (Å²) in [4.78, 5) is 20.3. The van der Waals surface area contributed by atoms with E-state index < -0.39 is 23.0 Å². The largest absolute Gasteiger partial charge is 0.448 e. The van der Waals surface area contributed by atoms with E-state index in [1.807, 2.05) is 30.3 Å². The molecule has 2 aromatic heterocycles. The maximum absolute atomic E-state index is 13.6. The average molecular weight is 449 g/mol. The second-order valence-electron chi connectivity index (χ2n) is 7.56. The average Bonchev–Trinajstić information content (AvgIpc) is 3.21. The molecule has 4 aromatic rings. The van der Waals surface area contributed by atoms with Gasteiger partial charge in [0.25, 0.3) is 11.2 Å². The highest BCUT2D eigenvalue weighted by atomic mass is 19.4. The predicted molar refractivity (Wildman–Crippen MR) is 117 cm³/mol. The van der Waals surface area contributed by atoms with Crippen molar-refractivity contribution in [3.05, 3.63) is 117 Å². The zero-order chi connectivity index (χ0) is 23.6. The van der Waals surface area contributed by atoms with Crippen molar-refractivity contribution in [2.45, 2.75) is 26.1 Å². The summed E-state index contributed by atoms with van der Waals surface area (Å²) in [6.07, 6.45) is -3.03. The van der Waals surface area contributed by atoms with Crippen LogP contribution in [0.15, 0.2) is 76.1 Å². The van der Waals surface area contributed by atoms with Gasteiger partial charge in [-0.3, -0.25) is 4.79 Å². The minimum absolute atomic E-state index is 0.0519. The Morgan fingerprint density at radius 2 is 1.85 bits per heavy atom. The molecule has 0 radical (unpaired) electrons. The third-order valence-electron chi connectivity index (χ3n) is 5.12. The zero-order valence-corrected chi connectivity index (χ0v) is 17.6. The van der Waals surface area contributed by atoms with E-state index >= 15 is 0 Å². The molecule has 0 aliphatic heterocycles. The third kappa shape index (κ3) is 4.72. The fraction of sp³-hybridized carbons (Fsp3) is 0.160. The normalized spacial score (nSPS) is 11.4. The summed E-state index contributed by atoms with van der Waals surface area (Å²) in [5, 5.41) is 0. The summed E-state index contributed by atoms with van der Waals surface area (Å²) in [7, 11) is 0. The molecule has 0 saturated carbocycles. The van der Waals surface area contributed by atoms with Gasteiger partial charge in [0, 0.05) is 12.1 Å². The number of alkyl halides is 3. The van der Waals surface area contributed by atoms with E-state index in [9.17, 15) is 18.0 Å². The van der Waals surface area contributed by atoms with Gasteiger partial charge < -0.3 is 8.98 Å². The van der Waals surface area contributed by atoms with Crippen molar-refractivity contribution in [3.8, 4) is 11.3 Å². The van der Waals surface area contributed by atoms with Gasteiger partial charge in [0.2, 0.25) is 0 Å². The van der Waals surface area contributed by atoms with E-state index in [4.69, 9.17) is 11.0 Å². The monoisotopic (exact) mass is 449 g/mol. The summed E-state index contributed by atoms with van der Waals surface area (Å²) in [6, 6.07) is 17.2. The van der Waals surface area contributed by atoms with Gasteiger partial charge in [-0.1, -0.05) is 54.1 Å². The molecule has 0 unspecified atom stereocenters. The molecule has 2 heterocycles. The Balaban J connectivity index is 1.81. The molecule has 33 heavy (non-hydrogen) atoms. The first-order valence-corrected chi connectivity index (χ1v) is 10.0. The van der Waals surface area contributed by atoms with Crippen LogP contribution in [0.25, 0.3) is 16.1 Å². The van der Waals surface area contributed by atoms with Gasteiger partial charge in [0.05, 0.1) is 24.4 Å². The standard InChI is InChI=1S/C25H18F3N3O2/c1-16-7-6-10-18(11-16)21-13-20(25(26,27)28)23(29-2)24(32)31(21)14-19-15-33-22(30-19)12-17-8-4-3-5-9-17/h3-11,13,15H,12,14H2,1H3. The molecule has 5 nitrogen and oxygen atoms in total. The quantitative estimate of drug-likeness (QED) is 0.350. The Morgan fingerprint density at radius 1 is 1.09 bits per heavy atom. The SMILES string of the molecule is [C-]#[N+]c1c(C(F)(F)F)cc(-c2cccc(C)c2)n(Cc2coc(Cc3ccccc3)n2)c1=O. The van der Waals surface area contributed by atoms with Crippen LogP contribution in [-0.4, -0.2) is 9.55 Å². The number of hydrogen-bond acceptors (Lipinski definition) is 3. The van der Waals surface area contributed by atoms with E-state index in [1.54, 1.807) is 31.2 Å². The molecule has 0 bridgehead atoms. The van der Waals surface area contributed by atoms with Gasteiger partial charge in [0.15, 0.2) is 5.89 Å². The number of pyridine rings is 1. The molecule has 8 heteroatoms. The number of nitrogens with zero attached hydrogens (tertiary/aromatic N) is 3. The molecule has 2 aromatic carbocycles. The Labute approximate surface area is 187 Å². The second kappa shape index (κ2) is 8.79. The molecule has 0 aliphatic carbocycles. The fourth-order valence-corrected chi connectivity index (χ4v) is 3.60. The highest BCUT2D eigenvalue weighted by Gasteiger charge is 2.36. The number of aryl methyl sites for hydroxylation is 1. The third-order valence-corrected chi connectivity index (χ3v) is 5.12. The van der Waals surface area contributed by atoms with Crippen LogP contribution in [0.5, 0.6) is 0 Å². The van der Waals surface area contributed by atoms with Crippen LogP contribution >= 0.6 is 0 Å². The Kier molecular flexibility index (Phi) is 5.88. The first-order valence-electron chi connectivity index (χ1n) is 10.0. The topological polar surface area (TPSA) is 52.4 Å². The van der Waals surface area contributed by atoms with Crippen LogP contribution in [0, 0.1) is 13.5 Å². The second-order valence-corrected chi connectivity index (χ2v) is 7.56. The lowest BCUT2D eigenvalue weighted by Gasteiger charge is -2.17. The van der Waals surface area contributed by atoms with Crippen LogP contribution < -0.4 is 5.56 Å². The molecule has 166 valence electrons. The highest BCUT2D eigenvalue weighted by Crippen LogP contribution is 2.37. The van der Waals surface area contributed by atoms with Crippen LogP contribution in [0.2, 0.25) is 0 Å². The number of benzene rings is 2. The van der Waals surface area contributed by atoms with Gasteiger partial charge in [-0.25, -0.2) is 9.83 Å². The number of aromatic nitrogens is 2. The molecule has 0 amide bonds. The van der Waals surface area contributed by atoms with Crippen molar-refractivity contribution >= 4 is 5.69 Å². The van der Waals surface area contributed by atoms with Crippen LogP contribution in [0.1, 0.15) is 28.3 Å². The minimum Gasteiger partial charge on any atom is -0.448 e. The van der Waals surface area contributed by atoms with Crippen molar-refractivity contribution in [2.24, 2.45) is 0 Å². The Hall–Kier alpha value is -4.12. The summed E-state index contributed by atoms with van der Waals surface area (Å²) in [5.74, 6) is 0.415. The van der Waals surface area contributed by atoms with Gasteiger partial charge >= 0.3 is 6.18 Å². The highest BCUT2D eigenvalue weighted by molar-refractivity contribution is 5.66. The number of hydrogen-bond donors (Lipinski definition) is 0. The maximum atomic E-state index is 13.6. The lowest BCUT2D eigenvalue weighted by molar-refractivity contribution is -0.136. The Bertz CT molecular complexity index is 1400. The Morgan fingerprint density at radius 3 is 2.52 bits per heavy atom. The van der Waals surface area contributed by atoms with Crippen molar-refractivity contribution in [2.75, 3.05) is 0 Å². The summed E-state index contributed by atoms with van der Waals surface area (Å²) in [6.45, 7) is 8.86. The van der Waals surface area contributed by atoms with Crippen molar-refractivity contribution in [1.29, 1.82) is 0 Å². The summed E-state index contributed by atoms with van der Waals surface area (Å²) < 4.78 is 47.6. The molecular weight excluding hydrogens is 431 g/mol. The summed E-state index contributed by atoms with van der Waals surface area (Å²) >= 11 is 0. The molecule has 0 N–H and O–H groups in total. The lowest BCUT2D eigenvalue weighted by Crippen LogP contribution is -2.25. The summed E-state index contributed by atoms with van der Waals surface area (Å²) in [5.41, 5.74) is -0.587. The van der Waals surface area contributed by atoms with Crippen LogP contribution in [-0.2, 0) is 19.1 Å². The van der Waals surface area contributed by atoms with E-state index in [1.165, 1.54) is 6.26 Å². The van der Waals surface area contributed by atoms with Gasteiger partial charge in [-0.2, -0.15) is 13.2 Å². The van der Waals surface area contributed by atoms with E-state index in [2.05, 4.69) is 9.83 Å². The van der Waals surface area contributed by atoms with Crippen molar-refractivity contribution in [1.82, 2.24) is 9.55 Å². The zero-order valence-electron chi connectivity index (χ0n) is 17.6. The fourth-order valence-electron chi connectivity index (χ4n) is 3.60. The number of oxazole rings is 1. The first kappa shape index (κ1) is 22.1. The van der Waals surface area contributed by atoms with Crippen LogP contribution in [0.4, 0.5) is 18.9 Å². The molecule has 4 rings (SSSR count). The van der Waals surface area contributed by atoms with Gasteiger partial charge in [-0.05, 0) is 30.2 Å². The van der Waals surface area contributed by atoms with Gasteiger partial charge in [-0.15, -0.1) is 0 Å². The molecule has 0 spiro atoms. The molecule has 0 atom stereocenters. The predicted octanol–water partition coefficient (Wildman–Crippen LogP) is 6.02. The molecule has 0 saturated heterocycles. The van der Waals surface area contributed by atoms with E-state index in [0.29, 0.717) is 23.6 Å². The molecule has 0 fully saturated rings. The van der Waals surface area contributed by atoms with Crippen molar-refractivity contribution in [3.63, 3.8) is 0 Å². The lowest BCUT2D eigenvalue weighted by atomic mass is 10.0. The van der Waals surface area contributed by atoms with E-state index in [-0.39, 0.29) is 12.2 Å². The smallest absolute Gasteiger partial charge is 0.407 e. The number of rotatable bonds is 5. The number of halogens is 3. The molecule has 0 aliphatic rings.